The minimum atomic E-state index is 0. The third-order valence-corrected chi connectivity index (χ3v) is 8.03. The van der Waals surface area contributed by atoms with Gasteiger partial charge in [-0.05, 0) is 81.5 Å². The second-order valence-electron chi connectivity index (χ2n) is 9.84. The van der Waals surface area contributed by atoms with E-state index in [4.69, 9.17) is 0 Å². The fourth-order valence-electron chi connectivity index (χ4n) is 6.45. The van der Waals surface area contributed by atoms with Gasteiger partial charge in [-0.2, -0.15) is 11.8 Å². The van der Waals surface area contributed by atoms with Crippen LogP contribution in [0.5, 0.6) is 0 Å². The molecule has 0 N–H and O–H groups in total. The summed E-state index contributed by atoms with van der Waals surface area (Å²) in [7, 11) is 0. The Kier molecular flexibility index (Phi) is 14.1. The molecule has 2 heteroatoms. The molecular formula is C25H43Y2-. The van der Waals surface area contributed by atoms with Crippen LogP contribution in [0.3, 0.4) is 0 Å². The second-order valence-corrected chi connectivity index (χ2v) is 9.84. The molecule has 0 amide bonds. The number of allylic oxidation sites excluding steroid dienone is 2. The van der Waals surface area contributed by atoms with Crippen LogP contribution in [0.15, 0.2) is 12.2 Å². The van der Waals surface area contributed by atoms with Crippen LogP contribution in [0.1, 0.15) is 97.8 Å². The van der Waals surface area contributed by atoms with Gasteiger partial charge in [-0.15, -0.1) is 0 Å². The number of hydrogen-bond donors (Lipinski definition) is 0. The Labute approximate surface area is 221 Å². The Bertz CT molecular complexity index is 403. The van der Waals surface area contributed by atoms with E-state index in [1.54, 1.807) is 12.8 Å². The van der Waals surface area contributed by atoms with Gasteiger partial charge in [0.15, 0.2) is 0 Å². The Morgan fingerprint density at radius 1 is 0.741 bits per heavy atom. The first-order valence-electron chi connectivity index (χ1n) is 11.7. The molecule has 0 saturated heterocycles. The number of unbranched alkanes of at least 4 members (excludes halogenated alkanes) is 1. The molecule has 3 aliphatic carbocycles. The minimum Gasteiger partial charge on any atom is -0.323 e. The summed E-state index contributed by atoms with van der Waals surface area (Å²) >= 11 is 0. The van der Waals surface area contributed by atoms with Crippen LogP contribution in [0.4, 0.5) is 0 Å². The van der Waals surface area contributed by atoms with Crippen molar-refractivity contribution in [3.8, 4) is 0 Å². The van der Waals surface area contributed by atoms with E-state index >= 15 is 0 Å². The van der Waals surface area contributed by atoms with Crippen molar-refractivity contribution in [1.29, 1.82) is 0 Å². The first-order chi connectivity index (χ1) is 12.2. The van der Waals surface area contributed by atoms with E-state index in [0.29, 0.717) is 0 Å². The quantitative estimate of drug-likeness (QED) is 0.256. The number of hydrogen-bond acceptors (Lipinski definition) is 0. The Morgan fingerprint density at radius 3 is 1.85 bits per heavy atom. The molecule has 27 heavy (non-hydrogen) atoms. The molecule has 0 heterocycles. The summed E-state index contributed by atoms with van der Waals surface area (Å²) in [6.45, 7) is 7.20. The van der Waals surface area contributed by atoms with Crippen LogP contribution in [-0.4, -0.2) is 0 Å². The largest absolute Gasteiger partial charge is 0.323 e. The van der Waals surface area contributed by atoms with Crippen molar-refractivity contribution >= 4 is 0 Å². The van der Waals surface area contributed by atoms with Gasteiger partial charge in [0.25, 0.3) is 0 Å². The van der Waals surface area contributed by atoms with Crippen LogP contribution in [0.2, 0.25) is 0 Å². The summed E-state index contributed by atoms with van der Waals surface area (Å²) < 4.78 is 0. The van der Waals surface area contributed by atoms with Crippen LogP contribution in [0, 0.1) is 47.8 Å². The molecule has 3 atom stereocenters. The standard InChI is InChI=1S/C25H43.2Y/c1-4-5-6-7-21-9-11-22(12-10-21)23-13-15-24(16-14-23)25-17-8-19(2)18-20(25)3;;/h6-7,18-25H,4-5,8-17H2,1-3H3;;/q-1;;/b7-6+;;. The molecule has 3 rings (SSSR count). The minimum absolute atomic E-state index is 0. The molecule has 0 spiro atoms. The van der Waals surface area contributed by atoms with Crippen molar-refractivity contribution in [3.05, 3.63) is 18.6 Å². The molecule has 0 aromatic rings. The maximum absolute atomic E-state index is 2.66. The van der Waals surface area contributed by atoms with Gasteiger partial charge in [0.05, 0.1) is 0 Å². The van der Waals surface area contributed by atoms with Gasteiger partial charge in [0.2, 0.25) is 0 Å². The molecule has 3 fully saturated rings. The normalized spacial score (nSPS) is 40.2. The summed E-state index contributed by atoms with van der Waals surface area (Å²) in [6, 6.07) is 0. The van der Waals surface area contributed by atoms with Crippen LogP contribution >= 0.6 is 0 Å². The smallest absolute Gasteiger partial charge is 0 e. The Balaban J connectivity index is 0.00000182. The Hall–Kier alpha value is 1.95. The molecule has 150 valence electrons. The third kappa shape index (κ3) is 8.18. The topological polar surface area (TPSA) is 0 Å². The van der Waals surface area contributed by atoms with Crippen molar-refractivity contribution < 1.29 is 65.4 Å². The van der Waals surface area contributed by atoms with Gasteiger partial charge in [-0.3, -0.25) is 0 Å². The summed E-state index contributed by atoms with van der Waals surface area (Å²) in [5, 5.41) is 0. The predicted molar refractivity (Wildman–Crippen MR) is 110 cm³/mol. The van der Waals surface area contributed by atoms with Crippen LogP contribution in [0.25, 0.3) is 0 Å². The van der Waals surface area contributed by atoms with Gasteiger partial charge >= 0.3 is 0 Å². The van der Waals surface area contributed by atoms with Crippen LogP contribution in [-0.2, 0) is 65.4 Å². The molecule has 0 aromatic carbocycles. The van der Waals surface area contributed by atoms with E-state index in [-0.39, 0.29) is 65.4 Å². The van der Waals surface area contributed by atoms with Crippen molar-refractivity contribution in [2.45, 2.75) is 97.8 Å². The molecular weight excluding hydrogens is 478 g/mol. The zero-order valence-electron chi connectivity index (χ0n) is 18.4. The van der Waals surface area contributed by atoms with E-state index in [0.717, 1.165) is 41.4 Å². The van der Waals surface area contributed by atoms with E-state index in [2.05, 4.69) is 39.3 Å². The van der Waals surface area contributed by atoms with Crippen molar-refractivity contribution in [2.75, 3.05) is 0 Å². The molecule has 0 aromatic heterocycles. The monoisotopic (exact) mass is 521 g/mol. The van der Waals surface area contributed by atoms with E-state index in [1.807, 2.05) is 0 Å². The van der Waals surface area contributed by atoms with Crippen LogP contribution < -0.4 is 0 Å². The average molecular weight is 521 g/mol. The molecule has 3 saturated carbocycles. The van der Waals surface area contributed by atoms with Gasteiger partial charge in [0.1, 0.15) is 0 Å². The molecule has 3 aliphatic rings. The third-order valence-electron chi connectivity index (χ3n) is 8.03. The maximum atomic E-state index is 2.66. The fraction of sp³-hybridized carbons (Fsp3) is 0.880. The average Bonchev–Trinajstić information content (AvgIpc) is 2.63. The Morgan fingerprint density at radius 2 is 1.30 bits per heavy atom. The predicted octanol–water partition coefficient (Wildman–Crippen LogP) is 7.84. The summed E-state index contributed by atoms with van der Waals surface area (Å²) in [5.74, 6) is 6.82. The van der Waals surface area contributed by atoms with Gasteiger partial charge in [-0.25, -0.2) is 0 Å². The fourth-order valence-corrected chi connectivity index (χ4v) is 6.45. The van der Waals surface area contributed by atoms with Crippen molar-refractivity contribution in [1.82, 2.24) is 0 Å². The van der Waals surface area contributed by atoms with E-state index < -0.39 is 0 Å². The zero-order chi connectivity index (χ0) is 17.6. The number of rotatable bonds is 5. The molecule has 3 unspecified atom stereocenters. The maximum Gasteiger partial charge on any atom is 0 e. The summed E-state index contributed by atoms with van der Waals surface area (Å²) in [4.78, 5) is 0. The molecule has 0 bridgehead atoms. The summed E-state index contributed by atoms with van der Waals surface area (Å²) in [6.07, 6.45) is 25.3. The van der Waals surface area contributed by atoms with E-state index in [9.17, 15) is 0 Å². The molecule has 2 radical (unpaired) electrons. The van der Waals surface area contributed by atoms with Gasteiger partial charge in [0, 0.05) is 65.4 Å². The first-order valence-corrected chi connectivity index (χ1v) is 11.7. The van der Waals surface area contributed by atoms with Crippen molar-refractivity contribution in [3.63, 3.8) is 0 Å². The van der Waals surface area contributed by atoms with Gasteiger partial charge < -0.3 is 6.42 Å². The zero-order valence-corrected chi connectivity index (χ0v) is 24.1. The summed E-state index contributed by atoms with van der Waals surface area (Å²) in [5.41, 5.74) is 0. The van der Waals surface area contributed by atoms with Crippen molar-refractivity contribution in [2.24, 2.45) is 41.4 Å². The van der Waals surface area contributed by atoms with Gasteiger partial charge in [-0.1, -0.05) is 58.1 Å². The molecule has 0 nitrogen and oxygen atoms in total. The molecule has 0 aliphatic heterocycles. The second kappa shape index (κ2) is 14.1. The first kappa shape index (κ1) is 27.0. The van der Waals surface area contributed by atoms with E-state index in [1.165, 1.54) is 64.2 Å². The SMILES string of the molecule is CCC/C=C/C1CCC(C2CCC(C3CCC(C)[CH-]C3C)CC2)CC1.[Y].[Y].